The molecular formula is C24H17F3N2O4S. The summed E-state index contributed by atoms with van der Waals surface area (Å²) in [6.07, 6.45) is 1.52. The number of fused-ring (bicyclic) bond motifs is 1. The van der Waals surface area contributed by atoms with Crippen molar-refractivity contribution < 1.29 is 31.5 Å². The molecule has 174 valence electrons. The third kappa shape index (κ3) is 4.01. The molecule has 0 saturated heterocycles. The van der Waals surface area contributed by atoms with Crippen LogP contribution in [0.15, 0.2) is 65.7 Å². The molecule has 0 atom stereocenters. The number of sulfone groups is 1. The molecule has 1 aromatic heterocycles. The van der Waals surface area contributed by atoms with E-state index in [9.17, 15) is 31.5 Å². The Hall–Kier alpha value is -3.79. The van der Waals surface area contributed by atoms with Crippen LogP contribution in [0.25, 0.3) is 33.2 Å². The van der Waals surface area contributed by atoms with Gasteiger partial charge < -0.3 is 5.11 Å². The molecule has 1 N–H and O–H groups in total. The van der Waals surface area contributed by atoms with E-state index in [-0.39, 0.29) is 5.56 Å². The first-order chi connectivity index (χ1) is 15.9. The van der Waals surface area contributed by atoms with Crippen LogP contribution in [0.2, 0.25) is 0 Å². The molecule has 0 aliphatic heterocycles. The zero-order valence-electron chi connectivity index (χ0n) is 17.9. The van der Waals surface area contributed by atoms with E-state index in [4.69, 9.17) is 0 Å². The lowest BCUT2D eigenvalue weighted by molar-refractivity contribution is -0.0436. The molecule has 0 aliphatic rings. The summed E-state index contributed by atoms with van der Waals surface area (Å²) in [4.78, 5) is 10.5. The molecule has 4 aromatic rings. The Morgan fingerprint density at radius 3 is 2.29 bits per heavy atom. The maximum Gasteiger partial charge on any atom is 0.501 e. The summed E-state index contributed by atoms with van der Waals surface area (Å²) >= 11 is 0. The smallest absolute Gasteiger partial charge is 0.478 e. The lowest BCUT2D eigenvalue weighted by atomic mass is 9.95. The molecule has 0 saturated carbocycles. The van der Waals surface area contributed by atoms with Gasteiger partial charge in [0, 0.05) is 16.3 Å². The Kier molecular flexibility index (Phi) is 5.64. The van der Waals surface area contributed by atoms with E-state index < -0.39 is 26.2 Å². The van der Waals surface area contributed by atoms with Crippen molar-refractivity contribution in [2.24, 2.45) is 0 Å². The zero-order valence-corrected chi connectivity index (χ0v) is 18.7. The van der Waals surface area contributed by atoms with Crippen LogP contribution in [0.3, 0.4) is 0 Å². The summed E-state index contributed by atoms with van der Waals surface area (Å²) in [6.45, 7) is 3.36. The molecule has 6 nitrogen and oxygen atoms in total. The molecule has 0 radical (unpaired) electrons. The number of hydrogen-bond donors (Lipinski definition) is 1. The molecule has 0 bridgehead atoms. The van der Waals surface area contributed by atoms with Crippen LogP contribution in [0.5, 0.6) is 0 Å². The molecule has 34 heavy (non-hydrogen) atoms. The molecule has 0 amide bonds. The van der Waals surface area contributed by atoms with Crippen LogP contribution in [-0.4, -0.2) is 35.2 Å². The number of carboxylic acid groups (broad SMARTS) is 1. The van der Waals surface area contributed by atoms with E-state index in [1.165, 1.54) is 25.3 Å². The zero-order chi connectivity index (χ0) is 24.8. The third-order valence-electron chi connectivity index (χ3n) is 5.52. The monoisotopic (exact) mass is 486 g/mol. The first-order valence-electron chi connectivity index (χ1n) is 9.92. The van der Waals surface area contributed by atoms with Gasteiger partial charge in [-0.05, 0) is 66.4 Å². The molecule has 0 spiro atoms. The van der Waals surface area contributed by atoms with Gasteiger partial charge in [-0.1, -0.05) is 24.3 Å². The minimum absolute atomic E-state index is 0.152. The summed E-state index contributed by atoms with van der Waals surface area (Å²) in [5, 5.41) is 18.8. The minimum atomic E-state index is -5.47. The van der Waals surface area contributed by atoms with Crippen molar-refractivity contribution in [3.8, 4) is 22.4 Å². The number of alkyl halides is 3. The number of carboxylic acids is 1. The largest absolute Gasteiger partial charge is 0.501 e. The Bertz CT molecular complexity index is 1560. The van der Waals surface area contributed by atoms with Crippen LogP contribution in [-0.2, 0) is 9.84 Å². The van der Waals surface area contributed by atoms with Crippen molar-refractivity contribution in [1.82, 2.24) is 10.2 Å². The normalized spacial score (nSPS) is 12.1. The van der Waals surface area contributed by atoms with Crippen LogP contribution in [0, 0.1) is 13.8 Å². The summed E-state index contributed by atoms with van der Waals surface area (Å²) in [6, 6.07) is 13.4. The van der Waals surface area contributed by atoms with E-state index >= 15 is 0 Å². The number of aryl methyl sites for hydroxylation is 2. The van der Waals surface area contributed by atoms with Gasteiger partial charge in [-0.15, -0.1) is 5.10 Å². The van der Waals surface area contributed by atoms with Crippen molar-refractivity contribution in [2.75, 3.05) is 0 Å². The Balaban J connectivity index is 1.83. The van der Waals surface area contributed by atoms with E-state index in [1.54, 1.807) is 24.3 Å². The SMILES string of the molecule is Cc1ccc(C(=O)O)cc1-c1ccc2c(-c3ccc(S(=O)(=O)C(F)(F)F)cc3C)nncc2c1. The topological polar surface area (TPSA) is 97.2 Å². The number of hydrogen-bond acceptors (Lipinski definition) is 5. The van der Waals surface area contributed by atoms with Crippen LogP contribution >= 0.6 is 0 Å². The quantitative estimate of drug-likeness (QED) is 0.405. The number of benzene rings is 3. The van der Waals surface area contributed by atoms with Crippen molar-refractivity contribution in [2.45, 2.75) is 24.3 Å². The van der Waals surface area contributed by atoms with Gasteiger partial charge in [-0.25, -0.2) is 13.2 Å². The summed E-state index contributed by atoms with van der Waals surface area (Å²) in [7, 11) is -5.47. The predicted octanol–water partition coefficient (Wildman–Crippen LogP) is 5.57. The minimum Gasteiger partial charge on any atom is -0.478 e. The Morgan fingerprint density at radius 2 is 1.65 bits per heavy atom. The van der Waals surface area contributed by atoms with E-state index in [0.717, 1.165) is 28.8 Å². The highest BCUT2D eigenvalue weighted by atomic mass is 32.2. The Morgan fingerprint density at radius 1 is 0.912 bits per heavy atom. The van der Waals surface area contributed by atoms with Crippen molar-refractivity contribution in [3.05, 3.63) is 77.5 Å². The second-order valence-corrected chi connectivity index (χ2v) is 9.70. The van der Waals surface area contributed by atoms with Gasteiger partial charge in [0.25, 0.3) is 9.84 Å². The first kappa shape index (κ1) is 23.4. The second kappa shape index (κ2) is 8.21. The fourth-order valence-corrected chi connectivity index (χ4v) is 4.57. The van der Waals surface area contributed by atoms with Crippen LogP contribution in [0.4, 0.5) is 13.2 Å². The standard InChI is InChI=1S/C24H17F3N2O4S/c1-13-3-4-16(23(30)31)11-21(13)15-5-7-20-17(10-15)12-28-29-22(20)19-8-6-18(9-14(19)2)34(32,33)24(25,26)27/h3-12H,1-2H3,(H,30,31). The number of rotatable bonds is 4. The third-order valence-corrected chi connectivity index (χ3v) is 7.01. The maximum atomic E-state index is 12.9. The molecule has 3 aromatic carbocycles. The van der Waals surface area contributed by atoms with Gasteiger partial charge in [0.15, 0.2) is 0 Å². The lowest BCUT2D eigenvalue weighted by Crippen LogP contribution is -2.23. The van der Waals surface area contributed by atoms with Gasteiger partial charge >= 0.3 is 11.5 Å². The fourth-order valence-electron chi connectivity index (χ4n) is 3.72. The number of carbonyl (C=O) groups is 1. The fraction of sp³-hybridized carbons (Fsp3) is 0.125. The van der Waals surface area contributed by atoms with Gasteiger partial charge in [0.2, 0.25) is 0 Å². The van der Waals surface area contributed by atoms with E-state index in [0.29, 0.717) is 27.6 Å². The number of nitrogens with zero attached hydrogens (tertiary/aromatic N) is 2. The maximum absolute atomic E-state index is 12.9. The predicted molar refractivity (Wildman–Crippen MR) is 120 cm³/mol. The molecule has 10 heteroatoms. The molecular weight excluding hydrogens is 469 g/mol. The Labute approximate surface area is 192 Å². The molecule has 0 aliphatic carbocycles. The van der Waals surface area contributed by atoms with E-state index in [1.807, 2.05) is 13.0 Å². The summed E-state index contributed by atoms with van der Waals surface area (Å²) in [5.74, 6) is -1.04. The van der Waals surface area contributed by atoms with Crippen molar-refractivity contribution in [3.63, 3.8) is 0 Å². The lowest BCUT2D eigenvalue weighted by Gasteiger charge is -2.13. The summed E-state index contributed by atoms with van der Waals surface area (Å²) < 4.78 is 62.2. The number of aromatic carboxylic acids is 1. The first-order valence-corrected chi connectivity index (χ1v) is 11.4. The van der Waals surface area contributed by atoms with Crippen LogP contribution < -0.4 is 0 Å². The van der Waals surface area contributed by atoms with Gasteiger partial charge in [0.05, 0.1) is 16.7 Å². The van der Waals surface area contributed by atoms with Crippen molar-refractivity contribution in [1.29, 1.82) is 0 Å². The average molecular weight is 486 g/mol. The van der Waals surface area contributed by atoms with Crippen molar-refractivity contribution >= 4 is 26.6 Å². The summed E-state index contributed by atoms with van der Waals surface area (Å²) in [5.41, 5.74) is -1.76. The molecule has 0 fully saturated rings. The van der Waals surface area contributed by atoms with Gasteiger partial charge in [-0.2, -0.15) is 18.3 Å². The van der Waals surface area contributed by atoms with Crippen LogP contribution in [0.1, 0.15) is 21.5 Å². The average Bonchev–Trinajstić information content (AvgIpc) is 2.77. The van der Waals surface area contributed by atoms with Gasteiger partial charge in [0.1, 0.15) is 5.69 Å². The second-order valence-electron chi connectivity index (χ2n) is 7.76. The number of aromatic nitrogens is 2. The molecule has 0 unspecified atom stereocenters. The molecule has 4 rings (SSSR count). The highest BCUT2D eigenvalue weighted by Crippen LogP contribution is 2.35. The highest BCUT2D eigenvalue weighted by molar-refractivity contribution is 7.92. The highest BCUT2D eigenvalue weighted by Gasteiger charge is 2.46. The number of halogens is 3. The molecule has 1 heterocycles. The van der Waals surface area contributed by atoms with Gasteiger partial charge in [-0.3, -0.25) is 0 Å². The van der Waals surface area contributed by atoms with E-state index in [2.05, 4.69) is 10.2 Å².